The molecule has 2 aromatic carbocycles. The summed E-state index contributed by atoms with van der Waals surface area (Å²) in [5.74, 6) is 0.920. The van der Waals surface area contributed by atoms with Gasteiger partial charge in [0.1, 0.15) is 5.82 Å². The number of aromatic nitrogens is 2. The first-order valence-electron chi connectivity index (χ1n) is 6.52. The van der Waals surface area contributed by atoms with E-state index in [0.717, 1.165) is 28.8 Å². The van der Waals surface area contributed by atoms with E-state index >= 15 is 0 Å². The maximum Gasteiger partial charge on any atom is 0.138 e. The zero-order chi connectivity index (χ0) is 13.2. The molecular formula is C16H17N3. The van der Waals surface area contributed by atoms with Crippen molar-refractivity contribution < 1.29 is 0 Å². The standard InChI is InChI=1S/C16H17N3/c1-11-3-2-4-13(9-11)16-18-14-6-5-12(7-8-17)10-15(14)19-16/h2-6,9-10H,7-8,17H2,1H3,(H,18,19). The Morgan fingerprint density at radius 1 is 1.16 bits per heavy atom. The van der Waals surface area contributed by atoms with Gasteiger partial charge in [-0.3, -0.25) is 0 Å². The third-order valence-corrected chi connectivity index (χ3v) is 3.27. The van der Waals surface area contributed by atoms with Crippen LogP contribution in [0, 0.1) is 6.92 Å². The van der Waals surface area contributed by atoms with Crippen molar-refractivity contribution in [2.24, 2.45) is 5.73 Å². The van der Waals surface area contributed by atoms with Gasteiger partial charge in [0.2, 0.25) is 0 Å². The number of nitrogens with two attached hydrogens (primary N) is 1. The van der Waals surface area contributed by atoms with Gasteiger partial charge in [-0.25, -0.2) is 4.98 Å². The van der Waals surface area contributed by atoms with Gasteiger partial charge in [0, 0.05) is 5.56 Å². The fraction of sp³-hybridized carbons (Fsp3) is 0.188. The van der Waals surface area contributed by atoms with Crippen molar-refractivity contribution in [2.45, 2.75) is 13.3 Å². The molecule has 3 nitrogen and oxygen atoms in total. The number of nitrogens with zero attached hydrogens (tertiary/aromatic N) is 1. The maximum absolute atomic E-state index is 5.59. The van der Waals surface area contributed by atoms with Crippen molar-refractivity contribution in [1.82, 2.24) is 9.97 Å². The summed E-state index contributed by atoms with van der Waals surface area (Å²) in [6.45, 7) is 2.76. The van der Waals surface area contributed by atoms with Crippen LogP contribution in [-0.4, -0.2) is 16.5 Å². The van der Waals surface area contributed by atoms with Crippen LogP contribution in [0.5, 0.6) is 0 Å². The van der Waals surface area contributed by atoms with Gasteiger partial charge in [0.15, 0.2) is 0 Å². The zero-order valence-corrected chi connectivity index (χ0v) is 11.0. The Morgan fingerprint density at radius 2 is 2.05 bits per heavy atom. The first-order chi connectivity index (χ1) is 9.26. The summed E-state index contributed by atoms with van der Waals surface area (Å²) < 4.78 is 0. The van der Waals surface area contributed by atoms with E-state index in [1.165, 1.54) is 11.1 Å². The molecule has 3 rings (SSSR count). The molecule has 0 aliphatic carbocycles. The zero-order valence-electron chi connectivity index (χ0n) is 11.0. The minimum atomic E-state index is 0.671. The van der Waals surface area contributed by atoms with Gasteiger partial charge in [-0.1, -0.05) is 29.8 Å². The number of hydrogen-bond donors (Lipinski definition) is 2. The third kappa shape index (κ3) is 2.37. The number of hydrogen-bond acceptors (Lipinski definition) is 2. The largest absolute Gasteiger partial charge is 0.338 e. The van der Waals surface area contributed by atoms with Gasteiger partial charge in [0.25, 0.3) is 0 Å². The lowest BCUT2D eigenvalue weighted by Gasteiger charge is -1.97. The van der Waals surface area contributed by atoms with E-state index in [1.807, 2.05) is 0 Å². The third-order valence-electron chi connectivity index (χ3n) is 3.27. The predicted molar refractivity (Wildman–Crippen MR) is 79.0 cm³/mol. The minimum Gasteiger partial charge on any atom is -0.338 e. The molecule has 19 heavy (non-hydrogen) atoms. The van der Waals surface area contributed by atoms with Crippen LogP contribution in [0.4, 0.5) is 0 Å². The Balaban J connectivity index is 2.06. The molecular weight excluding hydrogens is 234 g/mol. The number of aromatic amines is 1. The number of H-pyrrole nitrogens is 1. The summed E-state index contributed by atoms with van der Waals surface area (Å²) >= 11 is 0. The number of rotatable bonds is 3. The molecule has 3 heteroatoms. The molecule has 1 heterocycles. The Morgan fingerprint density at radius 3 is 2.84 bits per heavy atom. The monoisotopic (exact) mass is 251 g/mol. The van der Waals surface area contributed by atoms with Crippen LogP contribution < -0.4 is 5.73 Å². The van der Waals surface area contributed by atoms with Crippen LogP contribution in [0.2, 0.25) is 0 Å². The average Bonchev–Trinajstić information content (AvgIpc) is 2.82. The molecule has 0 bridgehead atoms. The Kier molecular flexibility index (Phi) is 3.05. The predicted octanol–water partition coefficient (Wildman–Crippen LogP) is 3.04. The summed E-state index contributed by atoms with van der Waals surface area (Å²) in [4.78, 5) is 8.02. The number of nitrogens with one attached hydrogen (secondary N) is 1. The number of imidazole rings is 1. The molecule has 0 amide bonds. The van der Waals surface area contributed by atoms with Gasteiger partial charge < -0.3 is 10.7 Å². The molecule has 0 atom stereocenters. The highest BCUT2D eigenvalue weighted by molar-refractivity contribution is 5.80. The Bertz CT molecular complexity index is 713. The van der Waals surface area contributed by atoms with Crippen molar-refractivity contribution in [3.8, 4) is 11.4 Å². The van der Waals surface area contributed by atoms with E-state index in [1.54, 1.807) is 0 Å². The van der Waals surface area contributed by atoms with Crippen molar-refractivity contribution in [1.29, 1.82) is 0 Å². The fourth-order valence-corrected chi connectivity index (χ4v) is 2.31. The van der Waals surface area contributed by atoms with Gasteiger partial charge in [-0.2, -0.15) is 0 Å². The molecule has 96 valence electrons. The first kappa shape index (κ1) is 11.9. The Labute approximate surface area is 112 Å². The lowest BCUT2D eigenvalue weighted by Crippen LogP contribution is -2.02. The maximum atomic E-state index is 5.59. The molecule has 0 aliphatic heterocycles. The molecule has 0 unspecified atom stereocenters. The highest BCUT2D eigenvalue weighted by Crippen LogP contribution is 2.22. The summed E-state index contributed by atoms with van der Waals surface area (Å²) in [5.41, 5.74) is 11.3. The number of fused-ring (bicyclic) bond motifs is 1. The van der Waals surface area contributed by atoms with Gasteiger partial charge >= 0.3 is 0 Å². The van der Waals surface area contributed by atoms with E-state index in [-0.39, 0.29) is 0 Å². The smallest absolute Gasteiger partial charge is 0.138 e. The van der Waals surface area contributed by atoms with Gasteiger partial charge in [-0.05, 0) is 43.7 Å². The molecule has 0 spiro atoms. The highest BCUT2D eigenvalue weighted by atomic mass is 14.9. The lowest BCUT2D eigenvalue weighted by molar-refractivity contribution is 0.970. The summed E-state index contributed by atoms with van der Waals surface area (Å²) in [6.07, 6.45) is 0.898. The second-order valence-corrected chi connectivity index (χ2v) is 4.85. The van der Waals surface area contributed by atoms with Gasteiger partial charge in [0.05, 0.1) is 11.0 Å². The fourth-order valence-electron chi connectivity index (χ4n) is 2.31. The molecule has 0 saturated carbocycles. The average molecular weight is 251 g/mol. The molecule has 0 fully saturated rings. The van der Waals surface area contributed by atoms with E-state index in [4.69, 9.17) is 5.73 Å². The molecule has 0 saturated heterocycles. The second-order valence-electron chi connectivity index (χ2n) is 4.85. The van der Waals surface area contributed by atoms with E-state index < -0.39 is 0 Å². The second kappa shape index (κ2) is 4.86. The van der Waals surface area contributed by atoms with Crippen molar-refractivity contribution in [2.75, 3.05) is 6.54 Å². The highest BCUT2D eigenvalue weighted by Gasteiger charge is 2.05. The van der Waals surface area contributed by atoms with Gasteiger partial charge in [-0.15, -0.1) is 0 Å². The van der Waals surface area contributed by atoms with E-state index in [9.17, 15) is 0 Å². The quantitative estimate of drug-likeness (QED) is 0.751. The molecule has 0 aliphatic rings. The van der Waals surface area contributed by atoms with E-state index in [2.05, 4.69) is 59.4 Å². The molecule has 3 aromatic rings. The topological polar surface area (TPSA) is 54.7 Å². The van der Waals surface area contributed by atoms with E-state index in [0.29, 0.717) is 6.54 Å². The van der Waals surface area contributed by atoms with Crippen LogP contribution in [0.25, 0.3) is 22.4 Å². The Hall–Kier alpha value is -2.13. The van der Waals surface area contributed by atoms with Crippen LogP contribution in [0.3, 0.4) is 0 Å². The molecule has 1 aromatic heterocycles. The summed E-state index contributed by atoms with van der Waals surface area (Å²) in [6, 6.07) is 14.6. The first-order valence-corrected chi connectivity index (χ1v) is 6.52. The minimum absolute atomic E-state index is 0.671. The summed E-state index contributed by atoms with van der Waals surface area (Å²) in [7, 11) is 0. The van der Waals surface area contributed by atoms with Crippen LogP contribution in [-0.2, 0) is 6.42 Å². The van der Waals surface area contributed by atoms with Crippen LogP contribution in [0.15, 0.2) is 42.5 Å². The lowest BCUT2D eigenvalue weighted by atomic mass is 10.1. The SMILES string of the molecule is Cc1cccc(-c2nc3ccc(CCN)cc3[nH]2)c1. The number of benzene rings is 2. The van der Waals surface area contributed by atoms with Crippen molar-refractivity contribution in [3.05, 3.63) is 53.6 Å². The molecule has 0 radical (unpaired) electrons. The van der Waals surface area contributed by atoms with Crippen LogP contribution >= 0.6 is 0 Å². The van der Waals surface area contributed by atoms with Crippen molar-refractivity contribution in [3.63, 3.8) is 0 Å². The molecule has 3 N–H and O–H groups in total. The normalized spacial score (nSPS) is 11.1. The number of aryl methyl sites for hydroxylation is 1. The van der Waals surface area contributed by atoms with Crippen molar-refractivity contribution >= 4 is 11.0 Å². The van der Waals surface area contributed by atoms with Crippen LogP contribution in [0.1, 0.15) is 11.1 Å². The summed E-state index contributed by atoms with van der Waals surface area (Å²) in [5, 5.41) is 0.